The molecule has 0 saturated carbocycles. The minimum atomic E-state index is -0.481. The van der Waals surface area contributed by atoms with Crippen LogP contribution in [0, 0.1) is 0 Å². The molecular weight excluding hydrogens is 276 g/mol. The Morgan fingerprint density at radius 2 is 1.81 bits per heavy atom. The van der Waals surface area contributed by atoms with Crippen LogP contribution in [0.4, 0.5) is 5.82 Å². The maximum atomic E-state index is 11.5. The molecule has 0 aliphatic heterocycles. The predicted octanol–water partition coefficient (Wildman–Crippen LogP) is 1.02. The van der Waals surface area contributed by atoms with Crippen molar-refractivity contribution >= 4 is 17.8 Å². The fourth-order valence-corrected chi connectivity index (χ4v) is 1.59. The molecule has 0 fully saturated rings. The van der Waals surface area contributed by atoms with E-state index in [1.165, 1.54) is 19.1 Å². The number of rotatable bonds is 8. The van der Waals surface area contributed by atoms with Gasteiger partial charge in [0.15, 0.2) is 11.6 Å². The molecule has 1 aromatic rings. The molecule has 0 saturated heterocycles. The van der Waals surface area contributed by atoms with Gasteiger partial charge < -0.3 is 19.1 Å². The van der Waals surface area contributed by atoms with Crippen molar-refractivity contribution in [2.24, 2.45) is 0 Å². The van der Waals surface area contributed by atoms with Crippen LogP contribution in [0.25, 0.3) is 0 Å². The van der Waals surface area contributed by atoms with Crippen LogP contribution >= 0.6 is 0 Å². The zero-order valence-corrected chi connectivity index (χ0v) is 12.5. The van der Waals surface area contributed by atoms with Crippen LogP contribution in [-0.4, -0.2) is 50.8 Å². The average Bonchev–Trinajstić information content (AvgIpc) is 2.52. The normalized spacial score (nSPS) is 9.86. The Bertz CT molecular complexity index is 460. The van der Waals surface area contributed by atoms with Crippen LogP contribution in [-0.2, 0) is 19.1 Å². The summed E-state index contributed by atoms with van der Waals surface area (Å²) in [6.45, 7) is 2.26. The molecule has 1 aromatic heterocycles. The summed E-state index contributed by atoms with van der Waals surface area (Å²) in [5.74, 6) is -0.0501. The van der Waals surface area contributed by atoms with Gasteiger partial charge in [-0.25, -0.2) is 4.98 Å². The van der Waals surface area contributed by atoms with E-state index in [-0.39, 0.29) is 13.1 Å². The van der Waals surface area contributed by atoms with Gasteiger partial charge in [-0.1, -0.05) is 6.92 Å². The molecule has 116 valence electrons. The molecule has 0 N–H and O–H groups in total. The Morgan fingerprint density at radius 1 is 1.19 bits per heavy atom. The van der Waals surface area contributed by atoms with E-state index in [0.29, 0.717) is 18.2 Å². The summed E-state index contributed by atoms with van der Waals surface area (Å²) >= 11 is 0. The third-order valence-corrected chi connectivity index (χ3v) is 2.61. The van der Waals surface area contributed by atoms with Gasteiger partial charge >= 0.3 is 11.9 Å². The monoisotopic (exact) mass is 296 g/mol. The Balaban J connectivity index is 3.00. The van der Waals surface area contributed by atoms with E-state index in [2.05, 4.69) is 14.5 Å². The van der Waals surface area contributed by atoms with E-state index in [4.69, 9.17) is 4.74 Å². The van der Waals surface area contributed by atoms with Crippen LogP contribution in [0.3, 0.4) is 0 Å². The van der Waals surface area contributed by atoms with Crippen molar-refractivity contribution in [3.8, 4) is 5.75 Å². The van der Waals surface area contributed by atoms with Crippen molar-refractivity contribution in [3.05, 3.63) is 18.3 Å². The predicted molar refractivity (Wildman–Crippen MR) is 76.3 cm³/mol. The summed E-state index contributed by atoms with van der Waals surface area (Å²) in [5, 5.41) is 0. The molecule has 0 aliphatic carbocycles. The van der Waals surface area contributed by atoms with Gasteiger partial charge in [0.25, 0.3) is 0 Å². The van der Waals surface area contributed by atoms with E-state index in [0.717, 1.165) is 6.42 Å². The number of anilines is 1. The second kappa shape index (κ2) is 8.78. The van der Waals surface area contributed by atoms with Gasteiger partial charge in [-0.05, 0) is 18.6 Å². The van der Waals surface area contributed by atoms with Gasteiger partial charge in [0, 0.05) is 6.20 Å². The minimum Gasteiger partial charge on any atom is -0.490 e. The molecule has 0 amide bonds. The highest BCUT2D eigenvalue weighted by Gasteiger charge is 2.20. The molecule has 1 rings (SSSR count). The highest BCUT2D eigenvalue weighted by atomic mass is 16.5. The van der Waals surface area contributed by atoms with Gasteiger partial charge in [-0.2, -0.15) is 0 Å². The second-order valence-corrected chi connectivity index (χ2v) is 4.18. The topological polar surface area (TPSA) is 78.0 Å². The summed E-state index contributed by atoms with van der Waals surface area (Å²) in [4.78, 5) is 28.7. The minimum absolute atomic E-state index is 0.120. The lowest BCUT2D eigenvalue weighted by Crippen LogP contribution is -2.36. The van der Waals surface area contributed by atoms with Crippen molar-refractivity contribution in [3.63, 3.8) is 0 Å². The summed E-state index contributed by atoms with van der Waals surface area (Å²) in [6.07, 6.45) is 2.40. The van der Waals surface area contributed by atoms with Gasteiger partial charge in [-0.15, -0.1) is 0 Å². The number of ether oxygens (including phenoxy) is 3. The van der Waals surface area contributed by atoms with Crippen LogP contribution in [0.1, 0.15) is 13.3 Å². The SMILES string of the molecule is CCCOc1cccnc1N(CC(=O)OC)CC(=O)OC. The summed E-state index contributed by atoms with van der Waals surface area (Å²) in [6, 6.07) is 3.46. The Labute approximate surface area is 123 Å². The molecule has 7 heteroatoms. The van der Waals surface area contributed by atoms with Crippen LogP contribution in [0.2, 0.25) is 0 Å². The fourth-order valence-electron chi connectivity index (χ4n) is 1.59. The quantitative estimate of drug-likeness (QED) is 0.663. The van der Waals surface area contributed by atoms with Gasteiger partial charge in [0.1, 0.15) is 13.1 Å². The Hall–Kier alpha value is -2.31. The number of methoxy groups -OCH3 is 2. The summed E-state index contributed by atoms with van der Waals surface area (Å²) in [7, 11) is 2.57. The Morgan fingerprint density at radius 3 is 2.33 bits per heavy atom. The number of esters is 2. The molecule has 0 unspecified atom stereocenters. The maximum absolute atomic E-state index is 11.5. The molecule has 0 aromatic carbocycles. The van der Waals surface area contributed by atoms with Crippen LogP contribution < -0.4 is 9.64 Å². The van der Waals surface area contributed by atoms with Crippen molar-refractivity contribution in [1.82, 2.24) is 4.98 Å². The number of nitrogens with zero attached hydrogens (tertiary/aromatic N) is 2. The third-order valence-electron chi connectivity index (χ3n) is 2.61. The third kappa shape index (κ3) is 5.29. The van der Waals surface area contributed by atoms with Gasteiger partial charge in [0.2, 0.25) is 0 Å². The Kier molecular flexibility index (Phi) is 7.00. The number of hydrogen-bond acceptors (Lipinski definition) is 7. The van der Waals surface area contributed by atoms with Crippen molar-refractivity contribution in [2.45, 2.75) is 13.3 Å². The van der Waals surface area contributed by atoms with E-state index in [9.17, 15) is 9.59 Å². The first-order chi connectivity index (χ1) is 10.1. The molecule has 0 atom stereocenters. The number of pyridine rings is 1. The molecular formula is C14H20N2O5. The summed E-state index contributed by atoms with van der Waals surface area (Å²) in [5.41, 5.74) is 0. The number of aromatic nitrogens is 1. The number of hydrogen-bond donors (Lipinski definition) is 0. The molecule has 21 heavy (non-hydrogen) atoms. The standard InChI is InChI=1S/C14H20N2O5/c1-4-8-21-11-6-5-7-15-14(11)16(9-12(17)19-2)10-13(18)20-3/h5-7H,4,8-10H2,1-3H3. The fraction of sp³-hybridized carbons (Fsp3) is 0.500. The molecule has 0 bridgehead atoms. The number of carbonyl (C=O) groups is 2. The van der Waals surface area contributed by atoms with Gasteiger partial charge in [0.05, 0.1) is 20.8 Å². The first-order valence-corrected chi connectivity index (χ1v) is 6.58. The number of carbonyl (C=O) groups excluding carboxylic acids is 2. The van der Waals surface area contributed by atoms with Gasteiger partial charge in [-0.3, -0.25) is 9.59 Å². The highest BCUT2D eigenvalue weighted by Crippen LogP contribution is 2.25. The molecule has 0 radical (unpaired) electrons. The van der Waals surface area contributed by atoms with E-state index in [1.54, 1.807) is 18.3 Å². The van der Waals surface area contributed by atoms with Crippen molar-refractivity contribution in [1.29, 1.82) is 0 Å². The molecule has 1 heterocycles. The van der Waals surface area contributed by atoms with E-state index in [1.807, 2.05) is 6.92 Å². The van der Waals surface area contributed by atoms with Crippen molar-refractivity contribution < 1.29 is 23.8 Å². The lowest BCUT2D eigenvalue weighted by atomic mass is 10.3. The first kappa shape index (κ1) is 16.7. The van der Waals surface area contributed by atoms with Crippen LogP contribution in [0.15, 0.2) is 18.3 Å². The maximum Gasteiger partial charge on any atom is 0.325 e. The highest BCUT2D eigenvalue weighted by molar-refractivity contribution is 5.81. The molecule has 0 spiro atoms. The largest absolute Gasteiger partial charge is 0.490 e. The summed E-state index contributed by atoms with van der Waals surface area (Å²) < 4.78 is 14.9. The zero-order valence-electron chi connectivity index (χ0n) is 12.5. The van der Waals surface area contributed by atoms with Crippen molar-refractivity contribution in [2.75, 3.05) is 38.8 Å². The average molecular weight is 296 g/mol. The second-order valence-electron chi connectivity index (χ2n) is 4.18. The van der Waals surface area contributed by atoms with E-state index >= 15 is 0 Å². The first-order valence-electron chi connectivity index (χ1n) is 6.58. The zero-order chi connectivity index (χ0) is 15.7. The van der Waals surface area contributed by atoms with E-state index < -0.39 is 11.9 Å². The smallest absolute Gasteiger partial charge is 0.325 e. The molecule has 7 nitrogen and oxygen atoms in total. The lowest BCUT2D eigenvalue weighted by molar-refractivity contribution is -0.140. The lowest BCUT2D eigenvalue weighted by Gasteiger charge is -2.23. The molecule has 0 aliphatic rings. The van der Waals surface area contributed by atoms with Crippen LogP contribution in [0.5, 0.6) is 5.75 Å².